The molecule has 1 aromatic carbocycles. The zero-order valence-corrected chi connectivity index (χ0v) is 21.1. The zero-order valence-electron chi connectivity index (χ0n) is 21.1. The second-order valence-electron chi connectivity index (χ2n) is 9.20. The number of rotatable bonds is 11. The van der Waals surface area contributed by atoms with E-state index in [1.807, 2.05) is 0 Å². The Bertz CT molecular complexity index is 871. The van der Waals surface area contributed by atoms with Crippen molar-refractivity contribution < 1.29 is 14.2 Å². The summed E-state index contributed by atoms with van der Waals surface area (Å²) in [6, 6.07) is 10.9. The van der Waals surface area contributed by atoms with Crippen molar-refractivity contribution in [3.63, 3.8) is 0 Å². The van der Waals surface area contributed by atoms with Crippen molar-refractivity contribution in [2.45, 2.75) is 46.6 Å². The van der Waals surface area contributed by atoms with Crippen LogP contribution < -0.4 is 0 Å². The number of methoxy groups -OCH3 is 1. The highest BCUT2D eigenvalue weighted by Gasteiger charge is 2.36. The second-order valence-corrected chi connectivity index (χ2v) is 9.20. The first-order valence-corrected chi connectivity index (χ1v) is 12.3. The largest absolute Gasteiger partial charge is 0.493 e. The van der Waals surface area contributed by atoms with Gasteiger partial charge in [0.15, 0.2) is 0 Å². The van der Waals surface area contributed by atoms with Gasteiger partial charge < -0.3 is 14.2 Å². The molecule has 0 spiro atoms. The fourth-order valence-corrected chi connectivity index (χ4v) is 4.70. The molecule has 180 valence electrons. The van der Waals surface area contributed by atoms with E-state index in [2.05, 4.69) is 81.2 Å². The minimum atomic E-state index is 0.145. The van der Waals surface area contributed by atoms with Gasteiger partial charge in [0, 0.05) is 25.8 Å². The summed E-state index contributed by atoms with van der Waals surface area (Å²) in [5, 5.41) is 0. The van der Waals surface area contributed by atoms with E-state index in [4.69, 9.17) is 14.2 Å². The lowest BCUT2D eigenvalue weighted by atomic mass is 9.87. The van der Waals surface area contributed by atoms with Crippen molar-refractivity contribution in [3.8, 4) is 0 Å². The first kappa shape index (κ1) is 25.5. The van der Waals surface area contributed by atoms with Crippen LogP contribution >= 0.6 is 0 Å². The van der Waals surface area contributed by atoms with E-state index in [0.717, 1.165) is 44.9 Å². The number of nitrogens with zero attached hydrogens (tertiary/aromatic N) is 1. The van der Waals surface area contributed by atoms with E-state index in [9.17, 15) is 0 Å². The molecule has 1 unspecified atom stereocenters. The molecule has 0 bridgehead atoms. The first-order chi connectivity index (χ1) is 16.0. The quantitative estimate of drug-likeness (QED) is 0.384. The molecule has 4 heteroatoms. The number of ether oxygens (including phenoxy) is 3. The Morgan fingerprint density at radius 3 is 2.55 bits per heavy atom. The summed E-state index contributed by atoms with van der Waals surface area (Å²) in [4.78, 5) is 2.53. The average Bonchev–Trinajstić information content (AvgIpc) is 3.16. The van der Waals surface area contributed by atoms with Gasteiger partial charge in [0.25, 0.3) is 0 Å². The Kier molecular flexibility index (Phi) is 9.98. The molecular formula is C29H41NO3. The van der Waals surface area contributed by atoms with Gasteiger partial charge in [0.2, 0.25) is 0 Å². The molecule has 0 amide bonds. The Hall–Kier alpha value is -2.14. The maximum atomic E-state index is 6.25. The van der Waals surface area contributed by atoms with E-state index in [0.29, 0.717) is 19.1 Å². The summed E-state index contributed by atoms with van der Waals surface area (Å²) in [7, 11) is 1.77. The lowest BCUT2D eigenvalue weighted by molar-refractivity contribution is 0.0282. The topological polar surface area (TPSA) is 30.9 Å². The molecule has 0 N–H and O–H groups in total. The van der Waals surface area contributed by atoms with Crippen molar-refractivity contribution in [2.75, 3.05) is 46.6 Å². The van der Waals surface area contributed by atoms with Gasteiger partial charge in [-0.15, -0.1) is 0 Å². The van der Waals surface area contributed by atoms with Crippen molar-refractivity contribution in [2.24, 2.45) is 5.92 Å². The lowest BCUT2D eigenvalue weighted by Crippen LogP contribution is -2.45. The Morgan fingerprint density at radius 1 is 1.18 bits per heavy atom. The highest BCUT2D eigenvalue weighted by atomic mass is 16.5. The molecule has 33 heavy (non-hydrogen) atoms. The standard InChI is InChI=1S/C29H41NO3/c1-6-33-27-20-25(21-31-5)29(30-15-17-32-18-16-30)28(27)26(24-13-8-7-9-14-24)19-23(4)12-10-11-22(2)3/h7-9,11,13-14,19-20,23,29H,6,10,12,15-18,21H2,1-5H3/b26-19+/t23-,29?/m0/s1. The van der Waals surface area contributed by atoms with Gasteiger partial charge in [-0.3, -0.25) is 4.90 Å². The number of hydrogen-bond acceptors (Lipinski definition) is 4. The summed E-state index contributed by atoms with van der Waals surface area (Å²) in [5.41, 5.74) is 6.43. The molecule has 2 aliphatic rings. The number of morpholine rings is 1. The fourth-order valence-electron chi connectivity index (χ4n) is 4.70. The molecule has 1 aromatic rings. The van der Waals surface area contributed by atoms with Gasteiger partial charge in [-0.1, -0.05) is 55.0 Å². The van der Waals surface area contributed by atoms with E-state index >= 15 is 0 Å². The third-order valence-electron chi connectivity index (χ3n) is 6.23. The van der Waals surface area contributed by atoms with Crippen LogP contribution in [0.5, 0.6) is 0 Å². The summed E-state index contributed by atoms with van der Waals surface area (Å²) >= 11 is 0. The van der Waals surface area contributed by atoms with Gasteiger partial charge >= 0.3 is 0 Å². The molecule has 0 aromatic heterocycles. The molecule has 1 aliphatic carbocycles. The van der Waals surface area contributed by atoms with Crippen LogP contribution in [0.1, 0.15) is 46.1 Å². The summed E-state index contributed by atoms with van der Waals surface area (Å²) in [6.45, 7) is 13.3. The normalized spacial score (nSPS) is 20.6. The van der Waals surface area contributed by atoms with Crippen LogP contribution in [-0.4, -0.2) is 57.6 Å². The lowest BCUT2D eigenvalue weighted by Gasteiger charge is -2.36. The van der Waals surface area contributed by atoms with Crippen LogP contribution in [0.15, 0.2) is 71.0 Å². The fraction of sp³-hybridized carbons (Fsp3) is 0.517. The molecule has 1 saturated heterocycles. The van der Waals surface area contributed by atoms with Gasteiger partial charge in [-0.05, 0) is 62.3 Å². The molecule has 0 radical (unpaired) electrons. The van der Waals surface area contributed by atoms with Crippen LogP contribution in [0.25, 0.3) is 5.57 Å². The molecular weight excluding hydrogens is 410 g/mol. The predicted molar refractivity (Wildman–Crippen MR) is 137 cm³/mol. The first-order valence-electron chi connectivity index (χ1n) is 12.3. The Balaban J connectivity index is 2.06. The van der Waals surface area contributed by atoms with Crippen LogP contribution in [0.4, 0.5) is 0 Å². The van der Waals surface area contributed by atoms with Crippen LogP contribution in [0.2, 0.25) is 0 Å². The minimum Gasteiger partial charge on any atom is -0.493 e. The number of hydrogen-bond donors (Lipinski definition) is 0. The maximum Gasteiger partial charge on any atom is 0.125 e. The molecule has 2 atom stereocenters. The summed E-state index contributed by atoms with van der Waals surface area (Å²) < 4.78 is 17.6. The van der Waals surface area contributed by atoms with Gasteiger partial charge in [-0.2, -0.15) is 0 Å². The van der Waals surface area contributed by atoms with Crippen LogP contribution in [-0.2, 0) is 14.2 Å². The Morgan fingerprint density at radius 2 is 1.91 bits per heavy atom. The van der Waals surface area contributed by atoms with E-state index < -0.39 is 0 Å². The number of allylic oxidation sites excluding steroid dienone is 4. The van der Waals surface area contributed by atoms with E-state index in [1.54, 1.807) is 7.11 Å². The molecule has 1 fully saturated rings. The highest BCUT2D eigenvalue weighted by Crippen LogP contribution is 2.41. The van der Waals surface area contributed by atoms with Crippen molar-refractivity contribution in [1.29, 1.82) is 0 Å². The van der Waals surface area contributed by atoms with Crippen molar-refractivity contribution in [3.05, 3.63) is 76.6 Å². The zero-order chi connectivity index (χ0) is 23.6. The summed E-state index contributed by atoms with van der Waals surface area (Å²) in [5.74, 6) is 1.43. The third-order valence-corrected chi connectivity index (χ3v) is 6.23. The van der Waals surface area contributed by atoms with Crippen molar-refractivity contribution in [1.82, 2.24) is 4.90 Å². The predicted octanol–water partition coefficient (Wildman–Crippen LogP) is 6.03. The van der Waals surface area contributed by atoms with Crippen molar-refractivity contribution >= 4 is 5.57 Å². The van der Waals surface area contributed by atoms with Crippen LogP contribution in [0.3, 0.4) is 0 Å². The van der Waals surface area contributed by atoms with E-state index in [1.165, 1.54) is 27.9 Å². The molecule has 1 heterocycles. The molecule has 3 rings (SSSR count). The molecule has 1 aliphatic heterocycles. The third kappa shape index (κ3) is 6.92. The SMILES string of the molecule is CCOC1=C(/C(=C/[C@@H](C)CCC=C(C)C)c2ccccc2)C(N2CCOCC2)C(COC)=C1. The smallest absolute Gasteiger partial charge is 0.125 e. The average molecular weight is 452 g/mol. The monoisotopic (exact) mass is 451 g/mol. The van der Waals surface area contributed by atoms with Gasteiger partial charge in [0.05, 0.1) is 32.5 Å². The molecule has 0 saturated carbocycles. The van der Waals surface area contributed by atoms with Gasteiger partial charge in [-0.25, -0.2) is 0 Å². The van der Waals surface area contributed by atoms with Crippen LogP contribution in [0, 0.1) is 5.92 Å². The van der Waals surface area contributed by atoms with E-state index in [-0.39, 0.29) is 6.04 Å². The molecule has 4 nitrogen and oxygen atoms in total. The highest BCUT2D eigenvalue weighted by molar-refractivity contribution is 5.84. The van der Waals surface area contributed by atoms with Gasteiger partial charge in [0.1, 0.15) is 5.76 Å². The minimum absolute atomic E-state index is 0.145. The Labute approximate surface area is 200 Å². The maximum absolute atomic E-state index is 6.25. The second kappa shape index (κ2) is 12.9. The number of benzene rings is 1. The summed E-state index contributed by atoms with van der Waals surface area (Å²) in [6.07, 6.45) is 9.23.